The predicted molar refractivity (Wildman–Crippen MR) is 91.2 cm³/mol. The van der Waals surface area contributed by atoms with Crippen molar-refractivity contribution in [3.05, 3.63) is 59.4 Å². The van der Waals surface area contributed by atoms with Gasteiger partial charge in [-0.25, -0.2) is 4.39 Å². The Hall–Kier alpha value is -2.41. The maximum absolute atomic E-state index is 12.8. The molecule has 0 spiro atoms. The van der Waals surface area contributed by atoms with Gasteiger partial charge in [-0.15, -0.1) is 5.10 Å². The van der Waals surface area contributed by atoms with Crippen LogP contribution in [0.1, 0.15) is 11.1 Å². The minimum absolute atomic E-state index is 0.274. The number of hydrogen-bond donors (Lipinski definition) is 0. The molecule has 0 atom stereocenters. The summed E-state index contributed by atoms with van der Waals surface area (Å²) in [5.74, 6) is 1.05. The summed E-state index contributed by atoms with van der Waals surface area (Å²) in [5, 5.41) is 12.6. The van der Waals surface area contributed by atoms with Crippen LogP contribution in [0.4, 0.5) is 4.39 Å². The fourth-order valence-electron chi connectivity index (χ4n) is 2.11. The lowest BCUT2D eigenvalue weighted by atomic mass is 10.1. The second-order valence-electron chi connectivity index (χ2n) is 5.29. The maximum atomic E-state index is 12.8. The molecule has 0 fully saturated rings. The van der Waals surface area contributed by atoms with E-state index in [1.807, 2.05) is 6.07 Å². The quantitative estimate of drug-likeness (QED) is 0.505. The van der Waals surface area contributed by atoms with Gasteiger partial charge in [-0.05, 0) is 71.8 Å². The fourth-order valence-corrected chi connectivity index (χ4v) is 2.82. The minimum atomic E-state index is -0.274. The highest BCUT2D eigenvalue weighted by Gasteiger charge is 2.09. The Morgan fingerprint density at radius 2 is 1.88 bits per heavy atom. The molecule has 2 aromatic carbocycles. The van der Waals surface area contributed by atoms with Crippen LogP contribution in [0, 0.1) is 19.7 Å². The van der Waals surface area contributed by atoms with E-state index in [4.69, 9.17) is 4.74 Å². The lowest BCUT2D eigenvalue weighted by Gasteiger charge is -2.08. The molecule has 0 aliphatic heterocycles. The van der Waals surface area contributed by atoms with E-state index in [1.165, 1.54) is 35.0 Å². The molecule has 7 heteroatoms. The predicted octanol–water partition coefficient (Wildman–Crippen LogP) is 3.59. The largest absolute Gasteiger partial charge is 0.493 e. The van der Waals surface area contributed by atoms with Crippen LogP contribution in [-0.4, -0.2) is 32.6 Å². The van der Waals surface area contributed by atoms with Crippen LogP contribution in [-0.2, 0) is 0 Å². The second-order valence-corrected chi connectivity index (χ2v) is 6.35. The average molecular weight is 344 g/mol. The highest BCUT2D eigenvalue weighted by Crippen LogP contribution is 2.20. The van der Waals surface area contributed by atoms with Crippen molar-refractivity contribution in [2.24, 2.45) is 0 Å². The molecule has 0 aliphatic rings. The van der Waals surface area contributed by atoms with Crippen molar-refractivity contribution in [2.45, 2.75) is 19.0 Å². The first kappa shape index (κ1) is 16.4. The number of aryl methyl sites for hydroxylation is 2. The van der Waals surface area contributed by atoms with E-state index >= 15 is 0 Å². The van der Waals surface area contributed by atoms with Crippen molar-refractivity contribution in [3.63, 3.8) is 0 Å². The first-order chi connectivity index (χ1) is 11.6. The van der Waals surface area contributed by atoms with E-state index in [0.29, 0.717) is 23.3 Å². The van der Waals surface area contributed by atoms with Crippen LogP contribution in [0.2, 0.25) is 0 Å². The standard InChI is InChI=1S/C17H17FN4OS/c1-12-3-6-15(11-13(12)2)22-17(19-20-21-22)24-10-9-23-16-7-4-14(18)5-8-16/h3-8,11H,9-10H2,1-2H3. The summed E-state index contributed by atoms with van der Waals surface area (Å²) in [6.07, 6.45) is 0. The molecular formula is C17H17FN4OS. The van der Waals surface area contributed by atoms with Crippen LogP contribution in [0.15, 0.2) is 47.6 Å². The SMILES string of the molecule is Cc1ccc(-n2nnnc2SCCOc2ccc(F)cc2)cc1C. The number of tetrazole rings is 1. The molecule has 0 saturated carbocycles. The molecule has 0 aliphatic carbocycles. The van der Waals surface area contributed by atoms with E-state index in [2.05, 4.69) is 41.5 Å². The second kappa shape index (κ2) is 7.44. The van der Waals surface area contributed by atoms with Crippen molar-refractivity contribution in [1.82, 2.24) is 20.2 Å². The lowest BCUT2D eigenvalue weighted by molar-refractivity contribution is 0.343. The third-order valence-corrected chi connectivity index (χ3v) is 4.46. The van der Waals surface area contributed by atoms with Gasteiger partial charge in [-0.3, -0.25) is 0 Å². The number of aromatic nitrogens is 4. The van der Waals surface area contributed by atoms with E-state index in [9.17, 15) is 4.39 Å². The van der Waals surface area contributed by atoms with E-state index in [-0.39, 0.29) is 5.82 Å². The normalized spacial score (nSPS) is 10.8. The van der Waals surface area contributed by atoms with Crippen molar-refractivity contribution in [3.8, 4) is 11.4 Å². The van der Waals surface area contributed by atoms with Gasteiger partial charge in [0.25, 0.3) is 0 Å². The Bertz CT molecular complexity index is 820. The molecule has 0 radical (unpaired) electrons. The third kappa shape index (κ3) is 3.91. The van der Waals surface area contributed by atoms with Gasteiger partial charge in [-0.2, -0.15) is 4.68 Å². The number of benzene rings is 2. The van der Waals surface area contributed by atoms with Gasteiger partial charge in [-0.1, -0.05) is 17.8 Å². The summed E-state index contributed by atoms with van der Waals surface area (Å²) in [6.45, 7) is 4.61. The van der Waals surface area contributed by atoms with E-state index < -0.39 is 0 Å². The third-order valence-electron chi connectivity index (χ3n) is 3.57. The fraction of sp³-hybridized carbons (Fsp3) is 0.235. The zero-order valence-corrected chi connectivity index (χ0v) is 14.3. The van der Waals surface area contributed by atoms with E-state index in [1.54, 1.807) is 16.8 Å². The summed E-state index contributed by atoms with van der Waals surface area (Å²) >= 11 is 1.51. The maximum Gasteiger partial charge on any atom is 0.214 e. The molecule has 24 heavy (non-hydrogen) atoms. The van der Waals surface area contributed by atoms with Gasteiger partial charge in [0.05, 0.1) is 12.3 Å². The molecule has 0 saturated heterocycles. The van der Waals surface area contributed by atoms with Crippen molar-refractivity contribution < 1.29 is 9.13 Å². The molecule has 0 bridgehead atoms. The molecule has 3 rings (SSSR count). The number of hydrogen-bond acceptors (Lipinski definition) is 5. The van der Waals surface area contributed by atoms with Crippen LogP contribution in [0.3, 0.4) is 0 Å². The highest BCUT2D eigenvalue weighted by molar-refractivity contribution is 7.99. The van der Waals surface area contributed by atoms with E-state index in [0.717, 1.165) is 5.69 Å². The Morgan fingerprint density at radius 1 is 1.08 bits per heavy atom. The van der Waals surface area contributed by atoms with Crippen molar-refractivity contribution >= 4 is 11.8 Å². The van der Waals surface area contributed by atoms with Gasteiger partial charge in [0, 0.05) is 5.75 Å². The minimum Gasteiger partial charge on any atom is -0.493 e. The van der Waals surface area contributed by atoms with Gasteiger partial charge in [0.1, 0.15) is 11.6 Å². The molecule has 0 amide bonds. The highest BCUT2D eigenvalue weighted by atomic mass is 32.2. The first-order valence-electron chi connectivity index (χ1n) is 7.50. The Kier molecular flexibility index (Phi) is 5.10. The van der Waals surface area contributed by atoms with Gasteiger partial charge in [0.15, 0.2) is 0 Å². The van der Waals surface area contributed by atoms with Crippen LogP contribution in [0.25, 0.3) is 5.69 Å². The Balaban J connectivity index is 1.59. The zero-order chi connectivity index (χ0) is 16.9. The van der Waals surface area contributed by atoms with Crippen LogP contribution < -0.4 is 4.74 Å². The molecule has 3 aromatic rings. The molecule has 5 nitrogen and oxygen atoms in total. The molecule has 0 N–H and O–H groups in total. The summed E-state index contributed by atoms with van der Waals surface area (Å²) in [6, 6.07) is 12.1. The number of thioether (sulfide) groups is 1. The first-order valence-corrected chi connectivity index (χ1v) is 8.49. The molecule has 0 unspecified atom stereocenters. The van der Waals surface area contributed by atoms with Crippen LogP contribution >= 0.6 is 11.8 Å². The average Bonchev–Trinajstić information content (AvgIpc) is 3.04. The number of halogens is 1. The molecule has 124 valence electrons. The zero-order valence-electron chi connectivity index (χ0n) is 13.4. The van der Waals surface area contributed by atoms with Crippen molar-refractivity contribution in [2.75, 3.05) is 12.4 Å². The number of rotatable bonds is 6. The topological polar surface area (TPSA) is 52.8 Å². The summed E-state index contributed by atoms with van der Waals surface area (Å²) in [7, 11) is 0. The molecule has 1 heterocycles. The van der Waals surface area contributed by atoms with Crippen molar-refractivity contribution in [1.29, 1.82) is 0 Å². The summed E-state index contributed by atoms with van der Waals surface area (Å²) in [5.41, 5.74) is 3.36. The summed E-state index contributed by atoms with van der Waals surface area (Å²) < 4.78 is 20.1. The number of ether oxygens (including phenoxy) is 1. The smallest absolute Gasteiger partial charge is 0.214 e. The summed E-state index contributed by atoms with van der Waals surface area (Å²) in [4.78, 5) is 0. The lowest BCUT2D eigenvalue weighted by Crippen LogP contribution is -2.03. The van der Waals surface area contributed by atoms with Gasteiger partial charge >= 0.3 is 0 Å². The molecule has 1 aromatic heterocycles. The number of nitrogens with zero attached hydrogens (tertiary/aromatic N) is 4. The van der Waals surface area contributed by atoms with Crippen LogP contribution in [0.5, 0.6) is 5.75 Å². The monoisotopic (exact) mass is 344 g/mol. The Morgan fingerprint density at radius 3 is 2.62 bits per heavy atom. The molecular weight excluding hydrogens is 327 g/mol. The van der Waals surface area contributed by atoms with Gasteiger partial charge < -0.3 is 4.74 Å². The Labute approximate surface area is 143 Å². The van der Waals surface area contributed by atoms with Gasteiger partial charge in [0.2, 0.25) is 5.16 Å².